The zero-order valence-electron chi connectivity index (χ0n) is 15.0. The molecule has 0 saturated heterocycles. The van der Waals surface area contributed by atoms with Crippen LogP contribution < -0.4 is 10.9 Å². The van der Waals surface area contributed by atoms with Crippen molar-refractivity contribution in [1.82, 2.24) is 19.5 Å². The van der Waals surface area contributed by atoms with Crippen LogP contribution >= 0.6 is 15.9 Å². The van der Waals surface area contributed by atoms with E-state index in [2.05, 4.69) is 36.2 Å². The van der Waals surface area contributed by atoms with Crippen molar-refractivity contribution in [3.63, 3.8) is 0 Å². The number of halogens is 1. The molecule has 1 aromatic carbocycles. The summed E-state index contributed by atoms with van der Waals surface area (Å²) in [6, 6.07) is 10.8. The SMILES string of the molecule is O=c1cc(Cn2cnc3c(NCc4ccco4)ncnc32)c2cc(Br)ccc2o1. The maximum atomic E-state index is 12.0. The number of rotatable bonds is 5. The maximum absolute atomic E-state index is 12.0. The molecule has 0 unspecified atom stereocenters. The Labute approximate surface area is 172 Å². The van der Waals surface area contributed by atoms with Gasteiger partial charge in [0.15, 0.2) is 11.5 Å². The number of aromatic nitrogens is 4. The van der Waals surface area contributed by atoms with E-state index in [-0.39, 0.29) is 0 Å². The minimum atomic E-state index is -0.394. The van der Waals surface area contributed by atoms with Crippen molar-refractivity contribution >= 4 is 43.9 Å². The second-order valence-corrected chi connectivity index (χ2v) is 7.35. The first kappa shape index (κ1) is 17.6. The normalized spacial score (nSPS) is 11.3. The van der Waals surface area contributed by atoms with Crippen molar-refractivity contribution in [2.24, 2.45) is 0 Å². The topological polar surface area (TPSA) is 99.0 Å². The van der Waals surface area contributed by atoms with E-state index in [9.17, 15) is 4.79 Å². The van der Waals surface area contributed by atoms with Gasteiger partial charge in [-0.15, -0.1) is 0 Å². The monoisotopic (exact) mass is 451 g/mol. The Morgan fingerprint density at radius 3 is 2.93 bits per heavy atom. The van der Waals surface area contributed by atoms with Gasteiger partial charge in [0.25, 0.3) is 0 Å². The highest BCUT2D eigenvalue weighted by molar-refractivity contribution is 9.10. The predicted molar refractivity (Wildman–Crippen MR) is 111 cm³/mol. The van der Waals surface area contributed by atoms with Gasteiger partial charge in [-0.3, -0.25) is 0 Å². The molecule has 0 bridgehead atoms. The smallest absolute Gasteiger partial charge is 0.336 e. The van der Waals surface area contributed by atoms with Crippen molar-refractivity contribution in [2.45, 2.75) is 13.1 Å². The second-order valence-electron chi connectivity index (χ2n) is 6.43. The fraction of sp³-hybridized carbons (Fsp3) is 0.100. The zero-order valence-corrected chi connectivity index (χ0v) is 16.6. The number of nitrogens with one attached hydrogen (secondary N) is 1. The van der Waals surface area contributed by atoms with Crippen LogP contribution in [0.5, 0.6) is 0 Å². The highest BCUT2D eigenvalue weighted by atomic mass is 79.9. The third-order valence-corrected chi connectivity index (χ3v) is 5.04. The van der Waals surface area contributed by atoms with Crippen LogP contribution in [0, 0.1) is 0 Å². The summed E-state index contributed by atoms with van der Waals surface area (Å²) in [5.41, 5.74) is 2.27. The number of fused-ring (bicyclic) bond motifs is 2. The fourth-order valence-corrected chi connectivity index (χ4v) is 3.59. The van der Waals surface area contributed by atoms with E-state index < -0.39 is 5.63 Å². The lowest BCUT2D eigenvalue weighted by molar-refractivity contribution is 0.518. The van der Waals surface area contributed by atoms with Gasteiger partial charge in [0.2, 0.25) is 0 Å². The molecule has 144 valence electrons. The molecule has 29 heavy (non-hydrogen) atoms. The Morgan fingerprint density at radius 2 is 2.07 bits per heavy atom. The maximum Gasteiger partial charge on any atom is 0.336 e. The summed E-state index contributed by atoms with van der Waals surface area (Å²) < 4.78 is 13.4. The minimum Gasteiger partial charge on any atom is -0.467 e. The lowest BCUT2D eigenvalue weighted by Gasteiger charge is -2.08. The fourth-order valence-electron chi connectivity index (χ4n) is 3.22. The van der Waals surface area contributed by atoms with Gasteiger partial charge in [0.1, 0.15) is 23.2 Å². The summed E-state index contributed by atoms with van der Waals surface area (Å²) in [5.74, 6) is 1.41. The molecule has 0 radical (unpaired) electrons. The van der Waals surface area contributed by atoms with Crippen molar-refractivity contribution in [1.29, 1.82) is 0 Å². The van der Waals surface area contributed by atoms with Gasteiger partial charge < -0.3 is 18.7 Å². The number of imidazole rings is 1. The predicted octanol–water partition coefficient (Wildman–Crippen LogP) is 3.95. The molecule has 0 aliphatic heterocycles. The Morgan fingerprint density at radius 1 is 1.14 bits per heavy atom. The van der Waals surface area contributed by atoms with Crippen LogP contribution in [-0.4, -0.2) is 19.5 Å². The van der Waals surface area contributed by atoms with Crippen molar-refractivity contribution in [2.75, 3.05) is 5.32 Å². The number of benzene rings is 1. The van der Waals surface area contributed by atoms with E-state index in [0.29, 0.717) is 35.7 Å². The third-order valence-electron chi connectivity index (χ3n) is 4.54. The Hall–Kier alpha value is -3.46. The molecule has 0 aliphatic rings. The summed E-state index contributed by atoms with van der Waals surface area (Å²) >= 11 is 3.47. The van der Waals surface area contributed by atoms with Gasteiger partial charge in [0, 0.05) is 15.9 Å². The van der Waals surface area contributed by atoms with E-state index in [1.165, 1.54) is 12.4 Å². The molecule has 4 aromatic heterocycles. The van der Waals surface area contributed by atoms with Crippen LogP contribution in [-0.2, 0) is 13.1 Å². The first-order valence-corrected chi connectivity index (χ1v) is 9.61. The van der Waals surface area contributed by atoms with Crippen molar-refractivity contribution in [3.8, 4) is 0 Å². The molecule has 0 spiro atoms. The molecule has 0 atom stereocenters. The Kier molecular flexibility index (Phi) is 4.36. The van der Waals surface area contributed by atoms with Gasteiger partial charge in [-0.05, 0) is 35.9 Å². The molecule has 0 amide bonds. The highest BCUT2D eigenvalue weighted by Crippen LogP contribution is 2.24. The molecule has 5 aromatic rings. The van der Waals surface area contributed by atoms with Gasteiger partial charge >= 0.3 is 5.63 Å². The Balaban J connectivity index is 1.52. The van der Waals surface area contributed by atoms with E-state index in [1.807, 2.05) is 28.8 Å². The standard InChI is InChI=1S/C20H14BrN5O3/c21-13-3-4-16-15(7-13)12(6-17(27)29-16)9-26-11-25-18-19(23-10-24-20(18)26)22-8-14-2-1-5-28-14/h1-7,10-11H,8-9H2,(H,22,23,24). The summed E-state index contributed by atoms with van der Waals surface area (Å²) in [7, 11) is 0. The number of nitrogens with zero attached hydrogens (tertiary/aromatic N) is 4. The van der Waals surface area contributed by atoms with Crippen LogP contribution in [0.1, 0.15) is 11.3 Å². The Bertz CT molecular complexity index is 1370. The average molecular weight is 452 g/mol. The van der Waals surface area contributed by atoms with Crippen LogP contribution in [0.15, 0.2) is 73.4 Å². The molecule has 4 heterocycles. The van der Waals surface area contributed by atoms with Crippen LogP contribution in [0.4, 0.5) is 5.82 Å². The summed E-state index contributed by atoms with van der Waals surface area (Å²) in [5, 5.41) is 4.07. The lowest BCUT2D eigenvalue weighted by atomic mass is 10.1. The molecule has 5 rings (SSSR count). The minimum absolute atomic E-state index is 0.394. The van der Waals surface area contributed by atoms with Crippen LogP contribution in [0.2, 0.25) is 0 Å². The van der Waals surface area contributed by atoms with E-state index >= 15 is 0 Å². The second kappa shape index (κ2) is 7.17. The number of hydrogen-bond acceptors (Lipinski definition) is 7. The molecule has 8 nitrogen and oxygen atoms in total. The van der Waals surface area contributed by atoms with Crippen LogP contribution in [0.25, 0.3) is 22.1 Å². The third kappa shape index (κ3) is 3.40. The number of hydrogen-bond donors (Lipinski definition) is 1. The molecule has 0 aliphatic carbocycles. The quantitative estimate of drug-likeness (QED) is 0.403. The zero-order chi connectivity index (χ0) is 19.8. The summed E-state index contributed by atoms with van der Waals surface area (Å²) in [6.07, 6.45) is 4.80. The average Bonchev–Trinajstić information content (AvgIpc) is 3.37. The van der Waals surface area contributed by atoms with E-state index in [0.717, 1.165) is 21.2 Å². The van der Waals surface area contributed by atoms with Crippen LogP contribution in [0.3, 0.4) is 0 Å². The molecule has 1 N–H and O–H groups in total. The van der Waals surface area contributed by atoms with Gasteiger partial charge in [-0.2, -0.15) is 0 Å². The molecule has 9 heteroatoms. The molecule has 0 fully saturated rings. The van der Waals surface area contributed by atoms with Gasteiger partial charge in [-0.1, -0.05) is 15.9 Å². The van der Waals surface area contributed by atoms with E-state index in [1.54, 1.807) is 18.7 Å². The number of furan rings is 1. The lowest BCUT2D eigenvalue weighted by Crippen LogP contribution is -2.06. The van der Waals surface area contributed by atoms with Crippen molar-refractivity contribution < 1.29 is 8.83 Å². The van der Waals surface area contributed by atoms with E-state index in [4.69, 9.17) is 8.83 Å². The largest absolute Gasteiger partial charge is 0.467 e. The van der Waals surface area contributed by atoms with Gasteiger partial charge in [0.05, 0.1) is 25.7 Å². The highest BCUT2D eigenvalue weighted by Gasteiger charge is 2.13. The number of anilines is 1. The summed E-state index contributed by atoms with van der Waals surface area (Å²) in [4.78, 5) is 25.1. The molecule has 0 saturated carbocycles. The first-order chi connectivity index (χ1) is 14.2. The first-order valence-electron chi connectivity index (χ1n) is 8.82. The summed E-state index contributed by atoms with van der Waals surface area (Å²) in [6.45, 7) is 0.911. The van der Waals surface area contributed by atoms with Gasteiger partial charge in [-0.25, -0.2) is 19.7 Å². The van der Waals surface area contributed by atoms with Crippen molar-refractivity contribution in [3.05, 3.63) is 81.5 Å². The molecular formula is C20H14BrN5O3. The molecular weight excluding hydrogens is 438 g/mol.